The second-order valence-electron chi connectivity index (χ2n) is 5.72. The smallest absolute Gasteiger partial charge is 0.257 e. The molecule has 0 saturated heterocycles. The Morgan fingerprint density at radius 1 is 1.12 bits per heavy atom. The maximum Gasteiger partial charge on any atom is 0.257 e. The topological polar surface area (TPSA) is 59.6 Å². The van der Waals surface area contributed by atoms with E-state index in [0.717, 1.165) is 17.2 Å². The third kappa shape index (κ3) is 6.22. The molecular weight excluding hydrogens is 348 g/mol. The number of anilines is 1. The molecular formula is C20H22N2O3S. The molecule has 2 aromatic carbocycles. The largest absolute Gasteiger partial charge is 0.491 e. The normalized spacial score (nSPS) is 10.1. The van der Waals surface area contributed by atoms with Crippen molar-refractivity contribution in [3.05, 3.63) is 66.7 Å². The molecule has 2 rings (SSSR count). The molecule has 136 valence electrons. The van der Waals surface area contributed by atoms with E-state index in [1.165, 1.54) is 0 Å². The minimum absolute atomic E-state index is 0.0833. The van der Waals surface area contributed by atoms with Crippen LogP contribution in [0.2, 0.25) is 0 Å². The van der Waals surface area contributed by atoms with Gasteiger partial charge in [-0.2, -0.15) is 0 Å². The van der Waals surface area contributed by atoms with Gasteiger partial charge in [-0.3, -0.25) is 10.1 Å². The van der Waals surface area contributed by atoms with Crippen molar-refractivity contribution in [1.29, 1.82) is 0 Å². The number of carbonyl (C=O) groups excluding carboxylic acids is 1. The summed E-state index contributed by atoms with van der Waals surface area (Å²) in [5.41, 5.74) is 1.25. The molecule has 1 amide bonds. The number of hydrogen-bond acceptors (Lipinski definition) is 4. The summed E-state index contributed by atoms with van der Waals surface area (Å²) in [4.78, 5) is 12.2. The van der Waals surface area contributed by atoms with Gasteiger partial charge in [0.15, 0.2) is 5.11 Å². The molecule has 0 atom stereocenters. The van der Waals surface area contributed by atoms with Gasteiger partial charge in [0.05, 0.1) is 6.10 Å². The Labute approximate surface area is 159 Å². The molecule has 0 unspecified atom stereocenters. The summed E-state index contributed by atoms with van der Waals surface area (Å²) in [6, 6.07) is 14.2. The SMILES string of the molecule is C=CCOc1ccc(NC(=S)NC(=O)c2ccc(OC(C)C)cc2)cc1. The van der Waals surface area contributed by atoms with Crippen molar-refractivity contribution in [3.8, 4) is 11.5 Å². The lowest BCUT2D eigenvalue weighted by molar-refractivity contribution is 0.0977. The molecule has 6 heteroatoms. The maximum absolute atomic E-state index is 12.2. The molecule has 0 heterocycles. The molecule has 0 aliphatic heterocycles. The fraction of sp³-hybridized carbons (Fsp3) is 0.200. The minimum Gasteiger partial charge on any atom is -0.491 e. The molecule has 0 radical (unpaired) electrons. The lowest BCUT2D eigenvalue weighted by atomic mass is 10.2. The van der Waals surface area contributed by atoms with Gasteiger partial charge >= 0.3 is 0 Å². The highest BCUT2D eigenvalue weighted by Crippen LogP contribution is 2.16. The van der Waals surface area contributed by atoms with Gasteiger partial charge in [-0.15, -0.1) is 0 Å². The number of ether oxygens (including phenoxy) is 2. The summed E-state index contributed by atoms with van der Waals surface area (Å²) >= 11 is 5.19. The van der Waals surface area contributed by atoms with Crippen LogP contribution in [0.3, 0.4) is 0 Å². The summed E-state index contributed by atoms with van der Waals surface area (Å²) in [7, 11) is 0. The van der Waals surface area contributed by atoms with Gasteiger partial charge in [-0.25, -0.2) is 0 Å². The van der Waals surface area contributed by atoms with E-state index in [4.69, 9.17) is 21.7 Å². The fourth-order valence-corrected chi connectivity index (χ4v) is 2.29. The van der Waals surface area contributed by atoms with Crippen LogP contribution in [0.15, 0.2) is 61.2 Å². The fourth-order valence-electron chi connectivity index (χ4n) is 2.08. The number of amides is 1. The molecule has 2 aromatic rings. The quantitative estimate of drug-likeness (QED) is 0.566. The van der Waals surface area contributed by atoms with Gasteiger partial charge < -0.3 is 14.8 Å². The van der Waals surface area contributed by atoms with Crippen LogP contribution in [0.1, 0.15) is 24.2 Å². The molecule has 0 fully saturated rings. The first kappa shape index (κ1) is 19.5. The summed E-state index contributed by atoms with van der Waals surface area (Å²) in [5.74, 6) is 1.16. The Morgan fingerprint density at radius 3 is 2.31 bits per heavy atom. The van der Waals surface area contributed by atoms with Gasteiger partial charge in [-0.1, -0.05) is 12.7 Å². The molecule has 0 aliphatic rings. The van der Waals surface area contributed by atoms with Crippen molar-refractivity contribution in [2.45, 2.75) is 20.0 Å². The number of rotatable bonds is 7. The number of hydrogen-bond donors (Lipinski definition) is 2. The summed E-state index contributed by atoms with van der Waals surface area (Å²) < 4.78 is 11.0. The number of benzene rings is 2. The molecule has 0 aromatic heterocycles. The third-order valence-corrected chi connectivity index (χ3v) is 3.40. The van der Waals surface area contributed by atoms with E-state index in [2.05, 4.69) is 17.2 Å². The number of nitrogens with one attached hydrogen (secondary N) is 2. The van der Waals surface area contributed by atoms with Crippen LogP contribution in [0, 0.1) is 0 Å². The lowest BCUT2D eigenvalue weighted by Gasteiger charge is -2.12. The highest BCUT2D eigenvalue weighted by Gasteiger charge is 2.09. The van der Waals surface area contributed by atoms with Crippen molar-refractivity contribution in [1.82, 2.24) is 5.32 Å². The van der Waals surface area contributed by atoms with Crippen molar-refractivity contribution in [3.63, 3.8) is 0 Å². The van der Waals surface area contributed by atoms with E-state index in [0.29, 0.717) is 12.2 Å². The van der Waals surface area contributed by atoms with E-state index in [-0.39, 0.29) is 17.1 Å². The standard InChI is InChI=1S/C20H22N2O3S/c1-4-13-24-17-11-7-16(8-12-17)21-20(26)22-19(23)15-5-9-18(10-6-15)25-14(2)3/h4-12,14H,1,13H2,2-3H3,(H2,21,22,23,26). The predicted molar refractivity (Wildman–Crippen MR) is 108 cm³/mol. The molecule has 0 bridgehead atoms. The predicted octanol–water partition coefficient (Wildman–Crippen LogP) is 4.17. The Balaban J connectivity index is 1.88. The number of thiocarbonyl (C=S) groups is 1. The van der Waals surface area contributed by atoms with E-state index in [1.807, 2.05) is 38.1 Å². The average molecular weight is 370 g/mol. The Bertz CT molecular complexity index is 756. The molecule has 0 saturated carbocycles. The van der Waals surface area contributed by atoms with E-state index in [1.54, 1.807) is 30.3 Å². The zero-order valence-electron chi connectivity index (χ0n) is 14.8. The lowest BCUT2D eigenvalue weighted by Crippen LogP contribution is -2.34. The van der Waals surface area contributed by atoms with E-state index >= 15 is 0 Å². The monoisotopic (exact) mass is 370 g/mol. The molecule has 26 heavy (non-hydrogen) atoms. The summed E-state index contributed by atoms with van der Waals surface area (Å²) in [6.45, 7) is 7.94. The first-order valence-electron chi connectivity index (χ1n) is 8.20. The molecule has 0 aliphatic carbocycles. The second kappa shape index (κ2) is 9.58. The van der Waals surface area contributed by atoms with E-state index in [9.17, 15) is 4.79 Å². The average Bonchev–Trinajstić information content (AvgIpc) is 2.61. The Kier molecular flexibility index (Phi) is 7.17. The van der Waals surface area contributed by atoms with Gasteiger partial charge in [-0.05, 0) is 74.6 Å². The molecule has 2 N–H and O–H groups in total. The van der Waals surface area contributed by atoms with Crippen LogP contribution in [-0.2, 0) is 0 Å². The van der Waals surface area contributed by atoms with E-state index < -0.39 is 0 Å². The first-order valence-corrected chi connectivity index (χ1v) is 8.61. The van der Waals surface area contributed by atoms with Crippen molar-refractivity contribution in [2.24, 2.45) is 0 Å². The van der Waals surface area contributed by atoms with Gasteiger partial charge in [0, 0.05) is 11.3 Å². The molecule has 5 nitrogen and oxygen atoms in total. The number of carbonyl (C=O) groups is 1. The highest BCUT2D eigenvalue weighted by atomic mass is 32.1. The van der Waals surface area contributed by atoms with Crippen molar-refractivity contribution >= 4 is 28.9 Å². The first-order chi connectivity index (χ1) is 12.5. The van der Waals surface area contributed by atoms with Crippen LogP contribution >= 0.6 is 12.2 Å². The van der Waals surface area contributed by atoms with Crippen LogP contribution in [0.5, 0.6) is 11.5 Å². The zero-order valence-corrected chi connectivity index (χ0v) is 15.6. The third-order valence-electron chi connectivity index (χ3n) is 3.20. The van der Waals surface area contributed by atoms with Crippen LogP contribution in [0.25, 0.3) is 0 Å². The van der Waals surface area contributed by atoms with Crippen molar-refractivity contribution < 1.29 is 14.3 Å². The van der Waals surface area contributed by atoms with Crippen LogP contribution in [-0.4, -0.2) is 23.7 Å². The zero-order chi connectivity index (χ0) is 18.9. The van der Waals surface area contributed by atoms with Gasteiger partial charge in [0.25, 0.3) is 5.91 Å². The van der Waals surface area contributed by atoms with Crippen molar-refractivity contribution in [2.75, 3.05) is 11.9 Å². The maximum atomic E-state index is 12.2. The van der Waals surface area contributed by atoms with Crippen LogP contribution in [0.4, 0.5) is 5.69 Å². The second-order valence-corrected chi connectivity index (χ2v) is 6.13. The Morgan fingerprint density at radius 2 is 1.73 bits per heavy atom. The minimum atomic E-state index is -0.287. The van der Waals surface area contributed by atoms with Gasteiger partial charge in [0.1, 0.15) is 18.1 Å². The summed E-state index contributed by atoms with van der Waals surface area (Å²) in [5, 5.41) is 5.83. The summed E-state index contributed by atoms with van der Waals surface area (Å²) in [6.07, 6.45) is 1.76. The van der Waals surface area contributed by atoms with Crippen LogP contribution < -0.4 is 20.1 Å². The highest BCUT2D eigenvalue weighted by molar-refractivity contribution is 7.80. The molecule has 0 spiro atoms. The van der Waals surface area contributed by atoms with Gasteiger partial charge in [0.2, 0.25) is 0 Å². The Hall–Kier alpha value is -2.86.